The molecule has 116 valence electrons. The quantitative estimate of drug-likeness (QED) is 0.940. The molecule has 1 aliphatic rings. The molecule has 1 atom stereocenters. The van der Waals surface area contributed by atoms with Crippen LogP contribution in [0.5, 0.6) is 5.75 Å². The van der Waals surface area contributed by atoms with Gasteiger partial charge in [-0.3, -0.25) is 0 Å². The van der Waals surface area contributed by atoms with Gasteiger partial charge in [-0.2, -0.15) is 0 Å². The molecule has 1 aromatic carbocycles. The first-order valence-corrected chi connectivity index (χ1v) is 7.41. The summed E-state index contributed by atoms with van der Waals surface area (Å²) < 4.78 is 18.6. The van der Waals surface area contributed by atoms with Gasteiger partial charge in [-0.25, -0.2) is 14.4 Å². The van der Waals surface area contributed by atoms with E-state index in [0.29, 0.717) is 24.1 Å². The average molecular weight is 302 g/mol. The maximum absolute atomic E-state index is 12.9. The van der Waals surface area contributed by atoms with E-state index in [1.807, 2.05) is 0 Å². The standard InChI is InChI=1S/C16H19FN4O/c17-13-3-5-14(6-4-13)22-10-12-2-1-7-21(9-12)16-8-15(18)19-11-20-16/h3-6,8,11-12H,1-2,7,9-10H2,(H2,18,19,20)/t12-/m1/s1. The van der Waals surface area contributed by atoms with E-state index in [1.165, 1.54) is 18.5 Å². The highest BCUT2D eigenvalue weighted by Gasteiger charge is 2.21. The molecular weight excluding hydrogens is 283 g/mol. The predicted molar refractivity (Wildman–Crippen MR) is 83.3 cm³/mol. The fourth-order valence-corrected chi connectivity index (χ4v) is 2.69. The molecule has 2 aromatic rings. The van der Waals surface area contributed by atoms with Gasteiger partial charge in [-0.1, -0.05) is 0 Å². The Morgan fingerprint density at radius 2 is 2.09 bits per heavy atom. The van der Waals surface area contributed by atoms with Crippen molar-refractivity contribution in [2.24, 2.45) is 5.92 Å². The van der Waals surface area contributed by atoms with Crippen molar-refractivity contribution < 1.29 is 9.13 Å². The van der Waals surface area contributed by atoms with Crippen LogP contribution in [-0.2, 0) is 0 Å². The van der Waals surface area contributed by atoms with Crippen LogP contribution in [0.25, 0.3) is 0 Å². The molecule has 0 unspecified atom stereocenters. The van der Waals surface area contributed by atoms with E-state index in [0.717, 1.165) is 31.7 Å². The summed E-state index contributed by atoms with van der Waals surface area (Å²) in [6.07, 6.45) is 3.68. The number of hydrogen-bond acceptors (Lipinski definition) is 5. The number of rotatable bonds is 4. The molecule has 0 radical (unpaired) electrons. The average Bonchev–Trinajstić information content (AvgIpc) is 2.55. The van der Waals surface area contributed by atoms with Crippen LogP contribution in [0.2, 0.25) is 0 Å². The molecule has 3 rings (SSSR count). The third kappa shape index (κ3) is 3.63. The molecule has 0 saturated carbocycles. The highest BCUT2D eigenvalue weighted by atomic mass is 19.1. The third-order valence-electron chi connectivity index (χ3n) is 3.82. The second kappa shape index (κ2) is 6.60. The number of hydrogen-bond donors (Lipinski definition) is 1. The monoisotopic (exact) mass is 302 g/mol. The summed E-state index contributed by atoms with van der Waals surface area (Å²) >= 11 is 0. The number of piperidine rings is 1. The molecule has 0 spiro atoms. The summed E-state index contributed by atoms with van der Waals surface area (Å²) in [5.41, 5.74) is 5.71. The van der Waals surface area contributed by atoms with Gasteiger partial charge in [0, 0.05) is 25.1 Å². The van der Waals surface area contributed by atoms with Gasteiger partial charge in [0.1, 0.15) is 29.5 Å². The summed E-state index contributed by atoms with van der Waals surface area (Å²) in [5.74, 6) is 2.20. The zero-order valence-corrected chi connectivity index (χ0v) is 12.3. The minimum Gasteiger partial charge on any atom is -0.493 e. The lowest BCUT2D eigenvalue weighted by Gasteiger charge is -2.33. The van der Waals surface area contributed by atoms with Crippen molar-refractivity contribution in [3.8, 4) is 5.75 Å². The minimum absolute atomic E-state index is 0.252. The molecule has 1 aliphatic heterocycles. The van der Waals surface area contributed by atoms with Crippen LogP contribution >= 0.6 is 0 Å². The van der Waals surface area contributed by atoms with Gasteiger partial charge < -0.3 is 15.4 Å². The van der Waals surface area contributed by atoms with E-state index in [2.05, 4.69) is 14.9 Å². The maximum Gasteiger partial charge on any atom is 0.134 e. The number of nitrogens with zero attached hydrogens (tertiary/aromatic N) is 3. The second-order valence-corrected chi connectivity index (χ2v) is 5.52. The van der Waals surface area contributed by atoms with Gasteiger partial charge >= 0.3 is 0 Å². The maximum atomic E-state index is 12.9. The topological polar surface area (TPSA) is 64.3 Å². The van der Waals surface area contributed by atoms with Crippen LogP contribution in [0.3, 0.4) is 0 Å². The highest BCUT2D eigenvalue weighted by molar-refractivity contribution is 5.46. The van der Waals surface area contributed by atoms with Crippen molar-refractivity contribution >= 4 is 11.6 Å². The summed E-state index contributed by atoms with van der Waals surface area (Å²) in [6, 6.07) is 7.92. The number of ether oxygens (including phenoxy) is 1. The molecule has 0 aliphatic carbocycles. The Kier molecular flexibility index (Phi) is 4.37. The first-order valence-electron chi connectivity index (χ1n) is 7.41. The Bertz CT molecular complexity index is 620. The van der Waals surface area contributed by atoms with E-state index in [4.69, 9.17) is 10.5 Å². The summed E-state index contributed by atoms with van der Waals surface area (Å²) in [5, 5.41) is 0. The Morgan fingerprint density at radius 3 is 2.86 bits per heavy atom. The number of aromatic nitrogens is 2. The van der Waals surface area contributed by atoms with Crippen LogP contribution in [0.1, 0.15) is 12.8 Å². The summed E-state index contributed by atoms with van der Waals surface area (Å²) in [7, 11) is 0. The van der Waals surface area contributed by atoms with Crippen LogP contribution in [0.15, 0.2) is 36.7 Å². The molecule has 22 heavy (non-hydrogen) atoms. The molecule has 1 fully saturated rings. The Morgan fingerprint density at radius 1 is 1.27 bits per heavy atom. The molecule has 5 nitrogen and oxygen atoms in total. The molecule has 1 aromatic heterocycles. The van der Waals surface area contributed by atoms with Gasteiger partial charge in [0.05, 0.1) is 6.61 Å². The lowest BCUT2D eigenvalue weighted by molar-refractivity contribution is 0.228. The largest absolute Gasteiger partial charge is 0.493 e. The fraction of sp³-hybridized carbons (Fsp3) is 0.375. The number of anilines is 2. The second-order valence-electron chi connectivity index (χ2n) is 5.52. The first kappa shape index (κ1) is 14.6. The highest BCUT2D eigenvalue weighted by Crippen LogP contribution is 2.23. The zero-order chi connectivity index (χ0) is 15.4. The fourth-order valence-electron chi connectivity index (χ4n) is 2.69. The van der Waals surface area contributed by atoms with E-state index >= 15 is 0 Å². The van der Waals surface area contributed by atoms with Crippen molar-refractivity contribution in [3.63, 3.8) is 0 Å². The predicted octanol–water partition coefficient (Wildman–Crippen LogP) is 2.49. The normalized spacial score (nSPS) is 18.2. The molecule has 1 saturated heterocycles. The molecule has 2 heterocycles. The lowest BCUT2D eigenvalue weighted by atomic mass is 9.99. The molecule has 0 bridgehead atoms. The van der Waals surface area contributed by atoms with Gasteiger partial charge in [0.15, 0.2) is 0 Å². The van der Waals surface area contributed by atoms with Crippen molar-refractivity contribution in [2.45, 2.75) is 12.8 Å². The molecular formula is C16H19FN4O. The van der Waals surface area contributed by atoms with Crippen LogP contribution in [-0.4, -0.2) is 29.7 Å². The van der Waals surface area contributed by atoms with Crippen molar-refractivity contribution in [2.75, 3.05) is 30.3 Å². The Balaban J connectivity index is 1.57. The van der Waals surface area contributed by atoms with Crippen LogP contribution in [0.4, 0.5) is 16.0 Å². The van der Waals surface area contributed by atoms with Gasteiger partial charge in [-0.15, -0.1) is 0 Å². The number of nitrogen functional groups attached to an aromatic ring is 1. The Hall–Kier alpha value is -2.37. The van der Waals surface area contributed by atoms with Crippen molar-refractivity contribution in [1.82, 2.24) is 9.97 Å². The minimum atomic E-state index is -0.252. The molecule has 0 amide bonds. The van der Waals surface area contributed by atoms with Gasteiger partial charge in [0.25, 0.3) is 0 Å². The summed E-state index contributed by atoms with van der Waals surface area (Å²) in [4.78, 5) is 10.4. The number of nitrogens with two attached hydrogens (primary N) is 1. The number of benzene rings is 1. The van der Waals surface area contributed by atoms with Crippen LogP contribution in [0, 0.1) is 11.7 Å². The molecule has 2 N–H and O–H groups in total. The van der Waals surface area contributed by atoms with E-state index in [-0.39, 0.29) is 5.82 Å². The molecule has 6 heteroatoms. The zero-order valence-electron chi connectivity index (χ0n) is 12.3. The van der Waals surface area contributed by atoms with Gasteiger partial charge in [-0.05, 0) is 37.1 Å². The Labute approximate surface area is 128 Å². The lowest BCUT2D eigenvalue weighted by Crippen LogP contribution is -2.38. The first-order chi connectivity index (χ1) is 10.7. The summed E-state index contributed by atoms with van der Waals surface area (Å²) in [6.45, 7) is 2.45. The van der Waals surface area contributed by atoms with Crippen molar-refractivity contribution in [3.05, 3.63) is 42.5 Å². The third-order valence-corrected chi connectivity index (χ3v) is 3.82. The van der Waals surface area contributed by atoms with Crippen LogP contribution < -0.4 is 15.4 Å². The SMILES string of the molecule is Nc1cc(N2CCC[C@@H](COc3ccc(F)cc3)C2)ncn1. The smallest absolute Gasteiger partial charge is 0.134 e. The van der Waals surface area contributed by atoms with E-state index < -0.39 is 0 Å². The van der Waals surface area contributed by atoms with E-state index in [9.17, 15) is 4.39 Å². The van der Waals surface area contributed by atoms with Gasteiger partial charge in [0.2, 0.25) is 0 Å². The van der Waals surface area contributed by atoms with E-state index in [1.54, 1.807) is 18.2 Å². The van der Waals surface area contributed by atoms with Crippen molar-refractivity contribution in [1.29, 1.82) is 0 Å². The number of halogens is 1.